The fraction of sp³-hybridized carbons (Fsp3) is 1.00. The highest BCUT2D eigenvalue weighted by atomic mass is 35.5. The van der Waals surface area contributed by atoms with Crippen LogP contribution in [0, 0.1) is 0 Å². The average molecular weight is 271 g/mol. The van der Waals surface area contributed by atoms with Crippen LogP contribution in [0.4, 0.5) is 0 Å². The summed E-state index contributed by atoms with van der Waals surface area (Å²) in [6.45, 7) is 0. The number of halogens is 1. The second-order valence-electron chi connectivity index (χ2n) is 4.26. The zero-order valence-electron chi connectivity index (χ0n) is 9.91. The lowest BCUT2D eigenvalue weighted by molar-refractivity contribution is 0.370. The zero-order chi connectivity index (χ0) is 12.3. The van der Waals surface area contributed by atoms with Gasteiger partial charge in [0.05, 0.1) is 0 Å². The van der Waals surface area contributed by atoms with E-state index >= 15 is 0 Å². The molecular formula is C11H24ClO3P. The predicted octanol–water partition coefficient (Wildman–Crippen LogP) is 3.91. The van der Waals surface area contributed by atoms with Crippen molar-refractivity contribution in [2.45, 2.75) is 57.8 Å². The highest BCUT2D eigenvalue weighted by Crippen LogP contribution is 2.35. The maximum Gasteiger partial charge on any atom is 0.325 e. The lowest BCUT2D eigenvalue weighted by Crippen LogP contribution is -1.88. The summed E-state index contributed by atoms with van der Waals surface area (Å²) in [5.74, 6) is 0.766. The topological polar surface area (TPSA) is 57.5 Å². The molecule has 98 valence electrons. The van der Waals surface area contributed by atoms with Gasteiger partial charge < -0.3 is 9.79 Å². The van der Waals surface area contributed by atoms with E-state index in [1.165, 1.54) is 32.1 Å². The minimum atomic E-state index is -3.75. The fourth-order valence-corrected chi connectivity index (χ4v) is 2.47. The smallest absolute Gasteiger partial charge is 0.324 e. The van der Waals surface area contributed by atoms with Crippen LogP contribution in [0.1, 0.15) is 57.8 Å². The van der Waals surface area contributed by atoms with Crippen molar-refractivity contribution in [1.29, 1.82) is 0 Å². The quantitative estimate of drug-likeness (QED) is 0.340. The third-order valence-electron chi connectivity index (χ3n) is 2.58. The van der Waals surface area contributed by atoms with E-state index in [1.807, 2.05) is 0 Å². The van der Waals surface area contributed by atoms with Crippen molar-refractivity contribution in [2.75, 3.05) is 12.0 Å². The first-order chi connectivity index (χ1) is 7.56. The fourth-order valence-electron chi connectivity index (χ4n) is 1.65. The van der Waals surface area contributed by atoms with E-state index in [-0.39, 0.29) is 6.16 Å². The Labute approximate surface area is 104 Å². The molecule has 0 aromatic heterocycles. The summed E-state index contributed by atoms with van der Waals surface area (Å²) in [6.07, 6.45) is 10.00. The Morgan fingerprint density at radius 1 is 0.750 bits per heavy atom. The van der Waals surface area contributed by atoms with Gasteiger partial charge in [0.15, 0.2) is 0 Å². The van der Waals surface area contributed by atoms with Crippen LogP contribution in [0.2, 0.25) is 0 Å². The first-order valence-corrected chi connectivity index (χ1v) is 8.50. The van der Waals surface area contributed by atoms with Crippen LogP contribution in [0.25, 0.3) is 0 Å². The largest absolute Gasteiger partial charge is 0.325 e. The minimum Gasteiger partial charge on any atom is -0.324 e. The van der Waals surface area contributed by atoms with Crippen LogP contribution in [-0.4, -0.2) is 21.8 Å². The Morgan fingerprint density at radius 2 is 1.12 bits per heavy atom. The van der Waals surface area contributed by atoms with Gasteiger partial charge in [-0.15, -0.1) is 11.6 Å². The summed E-state index contributed by atoms with van der Waals surface area (Å²) < 4.78 is 10.6. The van der Waals surface area contributed by atoms with Gasteiger partial charge in [-0.05, 0) is 12.8 Å². The molecule has 0 amide bonds. The third-order valence-corrected chi connectivity index (χ3v) is 3.75. The van der Waals surface area contributed by atoms with Crippen LogP contribution < -0.4 is 0 Å². The van der Waals surface area contributed by atoms with Crippen molar-refractivity contribution < 1.29 is 14.4 Å². The molecule has 0 aliphatic rings. The molecule has 0 spiro atoms. The summed E-state index contributed by atoms with van der Waals surface area (Å²) in [7, 11) is -3.75. The lowest BCUT2D eigenvalue weighted by Gasteiger charge is -2.03. The molecule has 0 bridgehead atoms. The SMILES string of the molecule is O=P(O)(O)CCCCCCCCCCCCl. The standard InChI is InChI=1S/C11H24ClO3P/c12-10-8-6-4-2-1-3-5-7-9-11-16(13,14)15/h1-11H2,(H2,13,14,15). The molecule has 0 aliphatic heterocycles. The molecular weight excluding hydrogens is 247 g/mol. The number of unbranched alkanes of at least 4 members (excludes halogenated alkanes) is 8. The highest BCUT2D eigenvalue weighted by molar-refractivity contribution is 7.51. The van der Waals surface area contributed by atoms with E-state index in [1.54, 1.807) is 0 Å². The maximum absolute atomic E-state index is 10.6. The van der Waals surface area contributed by atoms with Gasteiger partial charge in [0.1, 0.15) is 0 Å². The Bertz CT molecular complexity index is 194. The molecule has 0 heterocycles. The molecule has 0 aromatic rings. The lowest BCUT2D eigenvalue weighted by atomic mass is 10.1. The van der Waals surface area contributed by atoms with Gasteiger partial charge in [0, 0.05) is 12.0 Å². The number of hydrogen-bond acceptors (Lipinski definition) is 1. The summed E-state index contributed by atoms with van der Waals surface area (Å²) in [4.78, 5) is 17.3. The first kappa shape index (κ1) is 16.4. The third kappa shape index (κ3) is 14.4. The van der Waals surface area contributed by atoms with E-state index in [4.69, 9.17) is 21.4 Å². The number of alkyl halides is 1. The molecule has 2 N–H and O–H groups in total. The van der Waals surface area contributed by atoms with Gasteiger partial charge in [0.2, 0.25) is 0 Å². The summed E-state index contributed by atoms with van der Waals surface area (Å²) in [6, 6.07) is 0. The van der Waals surface area contributed by atoms with Crippen LogP contribution in [0.5, 0.6) is 0 Å². The predicted molar refractivity (Wildman–Crippen MR) is 69.2 cm³/mol. The molecule has 5 heteroatoms. The van der Waals surface area contributed by atoms with Gasteiger partial charge in [0.25, 0.3) is 0 Å². The van der Waals surface area contributed by atoms with Crippen LogP contribution >= 0.6 is 19.2 Å². The van der Waals surface area contributed by atoms with Crippen molar-refractivity contribution in [3.8, 4) is 0 Å². The van der Waals surface area contributed by atoms with Crippen molar-refractivity contribution >= 4 is 19.2 Å². The molecule has 0 aliphatic carbocycles. The Balaban J connectivity index is 3.02. The highest BCUT2D eigenvalue weighted by Gasteiger charge is 2.10. The van der Waals surface area contributed by atoms with Crippen LogP contribution in [-0.2, 0) is 4.57 Å². The number of hydrogen-bond donors (Lipinski definition) is 2. The molecule has 0 radical (unpaired) electrons. The van der Waals surface area contributed by atoms with Crippen molar-refractivity contribution in [1.82, 2.24) is 0 Å². The second-order valence-corrected chi connectivity index (χ2v) is 6.41. The van der Waals surface area contributed by atoms with Crippen LogP contribution in [0.15, 0.2) is 0 Å². The van der Waals surface area contributed by atoms with Crippen LogP contribution in [0.3, 0.4) is 0 Å². The Kier molecular flexibility index (Phi) is 10.9. The first-order valence-electron chi connectivity index (χ1n) is 6.17. The van der Waals surface area contributed by atoms with Gasteiger partial charge in [-0.3, -0.25) is 4.57 Å². The molecule has 3 nitrogen and oxygen atoms in total. The van der Waals surface area contributed by atoms with Gasteiger partial charge in [-0.1, -0.05) is 44.9 Å². The molecule has 0 rings (SSSR count). The van der Waals surface area contributed by atoms with Crippen molar-refractivity contribution in [3.63, 3.8) is 0 Å². The summed E-state index contributed by atoms with van der Waals surface area (Å²) >= 11 is 5.57. The Hall–Kier alpha value is 0.440. The van der Waals surface area contributed by atoms with E-state index < -0.39 is 7.60 Å². The normalized spacial score (nSPS) is 11.9. The molecule has 16 heavy (non-hydrogen) atoms. The van der Waals surface area contributed by atoms with E-state index in [0.29, 0.717) is 6.42 Å². The molecule has 0 fully saturated rings. The molecule has 0 saturated carbocycles. The monoisotopic (exact) mass is 270 g/mol. The maximum atomic E-state index is 10.6. The summed E-state index contributed by atoms with van der Waals surface area (Å²) in [5, 5.41) is 0. The molecule has 0 saturated heterocycles. The second kappa shape index (κ2) is 10.6. The van der Waals surface area contributed by atoms with Gasteiger partial charge >= 0.3 is 7.60 Å². The van der Waals surface area contributed by atoms with E-state index in [9.17, 15) is 4.57 Å². The summed E-state index contributed by atoms with van der Waals surface area (Å²) in [5.41, 5.74) is 0. The van der Waals surface area contributed by atoms with E-state index in [2.05, 4.69) is 0 Å². The van der Waals surface area contributed by atoms with Crippen molar-refractivity contribution in [2.24, 2.45) is 0 Å². The molecule has 0 unspecified atom stereocenters. The van der Waals surface area contributed by atoms with E-state index in [0.717, 1.165) is 25.1 Å². The van der Waals surface area contributed by atoms with Gasteiger partial charge in [-0.25, -0.2) is 0 Å². The van der Waals surface area contributed by atoms with Gasteiger partial charge in [-0.2, -0.15) is 0 Å². The minimum absolute atomic E-state index is 0.0444. The number of rotatable bonds is 11. The molecule has 0 aromatic carbocycles. The Morgan fingerprint density at radius 3 is 1.50 bits per heavy atom. The zero-order valence-corrected chi connectivity index (χ0v) is 11.6. The van der Waals surface area contributed by atoms with Crippen molar-refractivity contribution in [3.05, 3.63) is 0 Å². The average Bonchev–Trinajstić information content (AvgIpc) is 2.19. The molecule has 0 atom stereocenters.